The summed E-state index contributed by atoms with van der Waals surface area (Å²) in [6, 6.07) is 0. The highest BCUT2D eigenvalue weighted by Gasteiger charge is 2.30. The third-order valence-electron chi connectivity index (χ3n) is 3.06. The molecule has 0 aromatic heterocycles. The van der Waals surface area contributed by atoms with Gasteiger partial charge < -0.3 is 5.11 Å². The Hall–Kier alpha value is -0.0400. The number of rotatable bonds is 3. The highest BCUT2D eigenvalue weighted by atomic mass is 16.3. The molecule has 0 amide bonds. The van der Waals surface area contributed by atoms with Crippen LogP contribution in [0.2, 0.25) is 0 Å². The van der Waals surface area contributed by atoms with Gasteiger partial charge in [-0.3, -0.25) is 0 Å². The van der Waals surface area contributed by atoms with Gasteiger partial charge in [0.25, 0.3) is 0 Å². The summed E-state index contributed by atoms with van der Waals surface area (Å²) in [7, 11) is 0. The van der Waals surface area contributed by atoms with E-state index in [2.05, 4.69) is 13.8 Å². The van der Waals surface area contributed by atoms with Crippen LogP contribution in [0.25, 0.3) is 0 Å². The molecule has 1 aliphatic rings. The second-order valence-electron chi connectivity index (χ2n) is 5.20. The molecular formula is C11H22O. The van der Waals surface area contributed by atoms with Gasteiger partial charge in [-0.25, -0.2) is 0 Å². The molecule has 1 fully saturated rings. The summed E-state index contributed by atoms with van der Waals surface area (Å²) in [6.45, 7) is 6.60. The molecule has 1 aliphatic carbocycles. The molecule has 0 aliphatic heterocycles. The molecule has 1 unspecified atom stereocenters. The Labute approximate surface area is 76.2 Å². The normalized spacial score (nSPS) is 30.5. The molecule has 1 nitrogen and oxygen atoms in total. The van der Waals surface area contributed by atoms with Crippen molar-refractivity contribution in [2.75, 3.05) is 0 Å². The number of hydrogen-bond acceptors (Lipinski definition) is 1. The van der Waals surface area contributed by atoms with E-state index in [1.165, 1.54) is 25.7 Å². The maximum atomic E-state index is 9.14. The summed E-state index contributed by atoms with van der Waals surface area (Å²) in [5.74, 6) is 0.884. The lowest BCUT2D eigenvalue weighted by atomic mass is 9.89. The average molecular weight is 170 g/mol. The second kappa shape index (κ2) is 3.78. The van der Waals surface area contributed by atoms with Crippen molar-refractivity contribution in [3.63, 3.8) is 0 Å². The molecule has 0 saturated heterocycles. The van der Waals surface area contributed by atoms with Crippen molar-refractivity contribution in [3.8, 4) is 0 Å². The van der Waals surface area contributed by atoms with Gasteiger partial charge >= 0.3 is 0 Å². The van der Waals surface area contributed by atoms with Crippen molar-refractivity contribution >= 4 is 0 Å². The van der Waals surface area contributed by atoms with Gasteiger partial charge in [0.1, 0.15) is 0 Å². The van der Waals surface area contributed by atoms with Gasteiger partial charge in [0.05, 0.1) is 6.10 Å². The van der Waals surface area contributed by atoms with E-state index in [1.54, 1.807) is 0 Å². The van der Waals surface area contributed by atoms with Gasteiger partial charge in [-0.05, 0) is 50.4 Å². The topological polar surface area (TPSA) is 20.2 Å². The third-order valence-corrected chi connectivity index (χ3v) is 3.06. The number of aliphatic hydroxyl groups is 1. The maximum absolute atomic E-state index is 9.14. The van der Waals surface area contributed by atoms with Crippen molar-refractivity contribution in [2.24, 2.45) is 11.3 Å². The first-order chi connectivity index (χ1) is 5.49. The smallest absolute Gasteiger partial charge is 0.0512 e. The van der Waals surface area contributed by atoms with Crippen LogP contribution in [0.1, 0.15) is 52.9 Å². The Morgan fingerprint density at radius 1 is 1.50 bits per heavy atom. The van der Waals surface area contributed by atoms with Gasteiger partial charge in [0.2, 0.25) is 0 Å². The molecule has 1 saturated carbocycles. The molecule has 0 heterocycles. The summed E-state index contributed by atoms with van der Waals surface area (Å²) < 4.78 is 0. The fraction of sp³-hybridized carbons (Fsp3) is 1.00. The fourth-order valence-corrected chi connectivity index (χ4v) is 2.30. The van der Waals surface area contributed by atoms with E-state index in [0.717, 1.165) is 12.3 Å². The van der Waals surface area contributed by atoms with Crippen LogP contribution in [-0.4, -0.2) is 11.2 Å². The van der Waals surface area contributed by atoms with Crippen molar-refractivity contribution in [3.05, 3.63) is 0 Å². The third kappa shape index (κ3) is 3.14. The van der Waals surface area contributed by atoms with E-state index in [0.29, 0.717) is 5.41 Å². The predicted octanol–water partition coefficient (Wildman–Crippen LogP) is 2.97. The molecular weight excluding hydrogens is 148 g/mol. The zero-order valence-corrected chi connectivity index (χ0v) is 8.64. The Morgan fingerprint density at radius 2 is 2.17 bits per heavy atom. The standard InChI is InChI=1S/C11H22O/c1-9(12)4-5-10-6-7-11(2,3)8-10/h9-10,12H,4-8H2,1-3H3/t9-,10?/m1/s1. The van der Waals surface area contributed by atoms with Gasteiger partial charge in [-0.1, -0.05) is 13.8 Å². The minimum Gasteiger partial charge on any atom is -0.393 e. The van der Waals surface area contributed by atoms with Crippen molar-refractivity contribution in [2.45, 2.75) is 59.0 Å². The highest BCUT2D eigenvalue weighted by molar-refractivity contribution is 4.82. The molecule has 0 radical (unpaired) electrons. The van der Waals surface area contributed by atoms with Crippen LogP contribution < -0.4 is 0 Å². The highest BCUT2D eigenvalue weighted by Crippen LogP contribution is 2.42. The molecule has 0 bridgehead atoms. The largest absolute Gasteiger partial charge is 0.393 e. The lowest BCUT2D eigenvalue weighted by Crippen LogP contribution is -2.07. The van der Waals surface area contributed by atoms with Crippen LogP contribution in [0.5, 0.6) is 0 Å². The first-order valence-corrected chi connectivity index (χ1v) is 5.18. The number of aliphatic hydroxyl groups excluding tert-OH is 1. The molecule has 1 heteroatoms. The molecule has 72 valence electrons. The van der Waals surface area contributed by atoms with E-state index in [-0.39, 0.29) is 6.10 Å². The number of hydrogen-bond donors (Lipinski definition) is 1. The zero-order valence-electron chi connectivity index (χ0n) is 8.64. The van der Waals surface area contributed by atoms with Gasteiger partial charge in [-0.2, -0.15) is 0 Å². The summed E-state index contributed by atoms with van der Waals surface area (Å²) in [4.78, 5) is 0. The van der Waals surface area contributed by atoms with Crippen LogP contribution in [0.15, 0.2) is 0 Å². The molecule has 0 spiro atoms. The zero-order chi connectivity index (χ0) is 9.19. The Kier molecular flexibility index (Phi) is 3.16. The van der Waals surface area contributed by atoms with Crippen molar-refractivity contribution < 1.29 is 5.11 Å². The molecule has 1 rings (SSSR count). The summed E-state index contributed by atoms with van der Waals surface area (Å²) >= 11 is 0. The monoisotopic (exact) mass is 170 g/mol. The first-order valence-electron chi connectivity index (χ1n) is 5.18. The molecule has 2 atom stereocenters. The summed E-state index contributed by atoms with van der Waals surface area (Å²) in [5, 5.41) is 9.14. The van der Waals surface area contributed by atoms with Crippen LogP contribution in [0, 0.1) is 11.3 Å². The molecule has 1 N–H and O–H groups in total. The van der Waals surface area contributed by atoms with Gasteiger partial charge in [-0.15, -0.1) is 0 Å². The van der Waals surface area contributed by atoms with Crippen molar-refractivity contribution in [1.82, 2.24) is 0 Å². The summed E-state index contributed by atoms with van der Waals surface area (Å²) in [6.07, 6.45) is 6.22. The van der Waals surface area contributed by atoms with E-state index in [9.17, 15) is 0 Å². The lowest BCUT2D eigenvalue weighted by molar-refractivity contribution is 0.172. The molecule has 0 aromatic carbocycles. The minimum atomic E-state index is -0.103. The Bertz CT molecular complexity index is 138. The van der Waals surface area contributed by atoms with Gasteiger partial charge in [0, 0.05) is 0 Å². The van der Waals surface area contributed by atoms with Crippen LogP contribution >= 0.6 is 0 Å². The predicted molar refractivity (Wildman–Crippen MR) is 52.0 cm³/mol. The summed E-state index contributed by atoms with van der Waals surface area (Å²) in [5.41, 5.74) is 0.573. The molecule has 0 aromatic rings. The van der Waals surface area contributed by atoms with E-state index >= 15 is 0 Å². The van der Waals surface area contributed by atoms with Crippen molar-refractivity contribution in [1.29, 1.82) is 0 Å². The Morgan fingerprint density at radius 3 is 2.58 bits per heavy atom. The first kappa shape index (κ1) is 10.0. The second-order valence-corrected chi connectivity index (χ2v) is 5.20. The van der Waals surface area contributed by atoms with Gasteiger partial charge in [0.15, 0.2) is 0 Å². The Balaban J connectivity index is 2.20. The van der Waals surface area contributed by atoms with E-state index < -0.39 is 0 Å². The quantitative estimate of drug-likeness (QED) is 0.690. The fourth-order valence-electron chi connectivity index (χ4n) is 2.30. The average Bonchev–Trinajstić information content (AvgIpc) is 2.26. The van der Waals surface area contributed by atoms with Crippen LogP contribution in [0.3, 0.4) is 0 Å². The van der Waals surface area contributed by atoms with E-state index in [1.807, 2.05) is 6.92 Å². The SMILES string of the molecule is C[C@@H](O)CCC1CCC(C)(C)C1. The lowest BCUT2D eigenvalue weighted by Gasteiger charge is -2.17. The maximum Gasteiger partial charge on any atom is 0.0512 e. The minimum absolute atomic E-state index is 0.103. The van der Waals surface area contributed by atoms with Crippen LogP contribution in [0.4, 0.5) is 0 Å². The molecule has 12 heavy (non-hydrogen) atoms. The van der Waals surface area contributed by atoms with Crippen LogP contribution in [-0.2, 0) is 0 Å². The van der Waals surface area contributed by atoms with E-state index in [4.69, 9.17) is 5.11 Å².